The Hall–Kier alpha value is -0.0800. The molecule has 1 N–H and O–H groups in total. The summed E-state index contributed by atoms with van der Waals surface area (Å²) in [5.41, 5.74) is 4.23. The van der Waals surface area contributed by atoms with E-state index in [9.17, 15) is 0 Å². The van der Waals surface area contributed by atoms with Gasteiger partial charge in [0.15, 0.2) is 0 Å². The van der Waals surface area contributed by atoms with Crippen molar-refractivity contribution >= 4 is 0 Å². The van der Waals surface area contributed by atoms with Crippen LogP contribution < -0.4 is 5.43 Å². The van der Waals surface area contributed by atoms with Crippen molar-refractivity contribution in [2.75, 3.05) is 19.6 Å². The third-order valence-corrected chi connectivity index (χ3v) is 3.90. The van der Waals surface area contributed by atoms with E-state index in [-0.39, 0.29) is 0 Å². The van der Waals surface area contributed by atoms with Crippen molar-refractivity contribution in [3.63, 3.8) is 0 Å². The van der Waals surface area contributed by atoms with Crippen LogP contribution in [0, 0.1) is 5.41 Å². The molecule has 2 heteroatoms. The topological polar surface area (TPSA) is 15.3 Å². The number of hydrazine groups is 1. The maximum Gasteiger partial charge on any atom is 0.0156 e. The molecular formula is C12H24N2. The van der Waals surface area contributed by atoms with Gasteiger partial charge in [0.1, 0.15) is 0 Å². The summed E-state index contributed by atoms with van der Waals surface area (Å²) in [7, 11) is 0. The molecule has 2 fully saturated rings. The van der Waals surface area contributed by atoms with Crippen LogP contribution in [-0.2, 0) is 0 Å². The highest BCUT2D eigenvalue weighted by Crippen LogP contribution is 2.36. The van der Waals surface area contributed by atoms with Gasteiger partial charge in [-0.1, -0.05) is 26.2 Å². The summed E-state index contributed by atoms with van der Waals surface area (Å²) in [6.07, 6.45) is 9.92. The second-order valence-corrected chi connectivity index (χ2v) is 5.40. The van der Waals surface area contributed by atoms with Crippen LogP contribution in [0.5, 0.6) is 0 Å². The van der Waals surface area contributed by atoms with Gasteiger partial charge in [-0.3, -0.25) is 5.43 Å². The molecule has 2 nitrogen and oxygen atoms in total. The van der Waals surface area contributed by atoms with Gasteiger partial charge in [-0.05, 0) is 31.1 Å². The Balaban J connectivity index is 1.70. The van der Waals surface area contributed by atoms with E-state index >= 15 is 0 Å². The standard InChI is InChI=1S/C12H24N2/c1-12(7-3-4-8-12)11-13-14-9-5-2-6-10-14/h13H,2-11H2,1H3. The monoisotopic (exact) mass is 196 g/mol. The molecule has 0 radical (unpaired) electrons. The molecule has 82 valence electrons. The van der Waals surface area contributed by atoms with Gasteiger partial charge in [-0.25, -0.2) is 5.01 Å². The summed E-state index contributed by atoms with van der Waals surface area (Å²) < 4.78 is 0. The van der Waals surface area contributed by atoms with E-state index < -0.39 is 0 Å². The van der Waals surface area contributed by atoms with Crippen molar-refractivity contribution in [1.29, 1.82) is 0 Å². The first-order chi connectivity index (χ1) is 6.79. The highest BCUT2D eigenvalue weighted by molar-refractivity contribution is 4.82. The van der Waals surface area contributed by atoms with E-state index in [2.05, 4.69) is 17.4 Å². The summed E-state index contributed by atoms with van der Waals surface area (Å²) in [6.45, 7) is 6.16. The SMILES string of the molecule is CC1(CNN2CCCCC2)CCCC1. The van der Waals surface area contributed by atoms with Crippen LogP contribution in [0.3, 0.4) is 0 Å². The van der Waals surface area contributed by atoms with Crippen LogP contribution in [0.25, 0.3) is 0 Å². The van der Waals surface area contributed by atoms with Gasteiger partial charge in [-0.2, -0.15) is 0 Å². The molecule has 0 aromatic carbocycles. The van der Waals surface area contributed by atoms with Gasteiger partial charge < -0.3 is 0 Å². The average Bonchev–Trinajstić information content (AvgIpc) is 2.65. The largest absolute Gasteiger partial charge is 0.255 e. The minimum Gasteiger partial charge on any atom is -0.255 e. The minimum atomic E-state index is 0.595. The Kier molecular flexibility index (Phi) is 3.45. The maximum absolute atomic E-state index is 3.64. The van der Waals surface area contributed by atoms with Crippen LogP contribution in [0.15, 0.2) is 0 Å². The molecule has 1 aliphatic heterocycles. The Labute approximate surface area is 88.0 Å². The smallest absolute Gasteiger partial charge is 0.0156 e. The van der Waals surface area contributed by atoms with Gasteiger partial charge >= 0.3 is 0 Å². The molecule has 0 bridgehead atoms. The molecule has 0 aromatic rings. The number of rotatable bonds is 3. The van der Waals surface area contributed by atoms with Crippen LogP contribution in [0.2, 0.25) is 0 Å². The van der Waals surface area contributed by atoms with Crippen LogP contribution in [-0.4, -0.2) is 24.6 Å². The molecule has 1 saturated heterocycles. The summed E-state index contributed by atoms with van der Waals surface area (Å²) in [4.78, 5) is 0. The van der Waals surface area contributed by atoms with Gasteiger partial charge in [0.2, 0.25) is 0 Å². The number of nitrogens with one attached hydrogen (secondary N) is 1. The molecule has 14 heavy (non-hydrogen) atoms. The van der Waals surface area contributed by atoms with E-state index in [0.29, 0.717) is 5.41 Å². The Bertz CT molecular complexity index is 167. The number of piperidine rings is 1. The fourth-order valence-corrected chi connectivity index (χ4v) is 2.76. The molecule has 0 atom stereocenters. The summed E-state index contributed by atoms with van der Waals surface area (Å²) >= 11 is 0. The van der Waals surface area contributed by atoms with E-state index in [0.717, 1.165) is 0 Å². The van der Waals surface area contributed by atoms with E-state index in [4.69, 9.17) is 0 Å². The number of hydrogen-bond donors (Lipinski definition) is 1. The zero-order valence-electron chi connectivity index (χ0n) is 9.52. The first-order valence-electron chi connectivity index (χ1n) is 6.27. The Morgan fingerprint density at radius 1 is 1.00 bits per heavy atom. The second-order valence-electron chi connectivity index (χ2n) is 5.40. The predicted octanol–water partition coefficient (Wildman–Crippen LogP) is 2.56. The second kappa shape index (κ2) is 4.63. The van der Waals surface area contributed by atoms with Gasteiger partial charge in [0.05, 0.1) is 0 Å². The summed E-state index contributed by atoms with van der Waals surface area (Å²) in [5, 5.41) is 2.44. The zero-order valence-corrected chi connectivity index (χ0v) is 9.52. The van der Waals surface area contributed by atoms with Gasteiger partial charge in [-0.15, -0.1) is 0 Å². The van der Waals surface area contributed by atoms with Gasteiger partial charge in [0, 0.05) is 19.6 Å². The van der Waals surface area contributed by atoms with Crippen molar-refractivity contribution in [2.24, 2.45) is 5.41 Å². The van der Waals surface area contributed by atoms with E-state index in [1.165, 1.54) is 64.6 Å². The number of nitrogens with zero attached hydrogens (tertiary/aromatic N) is 1. The summed E-state index contributed by atoms with van der Waals surface area (Å²) in [6, 6.07) is 0. The molecule has 1 heterocycles. The lowest BCUT2D eigenvalue weighted by Gasteiger charge is -2.32. The van der Waals surface area contributed by atoms with E-state index in [1.54, 1.807) is 0 Å². The Morgan fingerprint density at radius 2 is 1.64 bits per heavy atom. The Morgan fingerprint density at radius 3 is 2.29 bits per heavy atom. The molecular weight excluding hydrogens is 172 g/mol. The van der Waals surface area contributed by atoms with Gasteiger partial charge in [0.25, 0.3) is 0 Å². The third-order valence-electron chi connectivity index (χ3n) is 3.90. The highest BCUT2D eigenvalue weighted by atomic mass is 15.5. The normalized spacial score (nSPS) is 28.1. The molecule has 0 spiro atoms. The van der Waals surface area contributed by atoms with Crippen molar-refractivity contribution in [1.82, 2.24) is 10.4 Å². The zero-order chi connectivity index (χ0) is 9.86. The molecule has 1 saturated carbocycles. The van der Waals surface area contributed by atoms with Crippen LogP contribution in [0.1, 0.15) is 51.9 Å². The predicted molar refractivity (Wildman–Crippen MR) is 60.0 cm³/mol. The average molecular weight is 196 g/mol. The first kappa shape index (κ1) is 10.4. The maximum atomic E-state index is 3.64. The molecule has 2 aliphatic rings. The lowest BCUT2D eigenvalue weighted by Crippen LogP contribution is -2.45. The third kappa shape index (κ3) is 2.71. The fraction of sp³-hybridized carbons (Fsp3) is 1.00. The minimum absolute atomic E-state index is 0.595. The number of hydrogen-bond acceptors (Lipinski definition) is 2. The van der Waals surface area contributed by atoms with Crippen molar-refractivity contribution in [3.05, 3.63) is 0 Å². The lowest BCUT2D eigenvalue weighted by molar-refractivity contribution is 0.123. The molecule has 1 aliphatic carbocycles. The fourth-order valence-electron chi connectivity index (χ4n) is 2.76. The van der Waals surface area contributed by atoms with Crippen molar-refractivity contribution in [2.45, 2.75) is 51.9 Å². The lowest BCUT2D eigenvalue weighted by atomic mass is 9.89. The van der Waals surface area contributed by atoms with E-state index in [1.807, 2.05) is 0 Å². The summed E-state index contributed by atoms with van der Waals surface area (Å²) in [5.74, 6) is 0. The van der Waals surface area contributed by atoms with Crippen LogP contribution in [0.4, 0.5) is 0 Å². The highest BCUT2D eigenvalue weighted by Gasteiger charge is 2.28. The molecule has 0 unspecified atom stereocenters. The van der Waals surface area contributed by atoms with Crippen LogP contribution >= 0.6 is 0 Å². The molecule has 0 amide bonds. The molecule has 0 aromatic heterocycles. The quantitative estimate of drug-likeness (QED) is 0.746. The molecule has 2 rings (SSSR count). The van der Waals surface area contributed by atoms with Crippen molar-refractivity contribution in [3.8, 4) is 0 Å². The van der Waals surface area contributed by atoms with Crippen molar-refractivity contribution < 1.29 is 0 Å². The first-order valence-corrected chi connectivity index (χ1v) is 6.27.